The summed E-state index contributed by atoms with van der Waals surface area (Å²) < 4.78 is 5.46. The number of nitrogens with zero attached hydrogens (tertiary/aromatic N) is 1. The van der Waals surface area contributed by atoms with Crippen molar-refractivity contribution in [3.05, 3.63) is 33.9 Å². The fourth-order valence-electron chi connectivity index (χ4n) is 1.58. The molecule has 0 saturated heterocycles. The Bertz CT molecular complexity index is 407. The second kappa shape index (κ2) is 7.21. The van der Waals surface area contributed by atoms with E-state index in [0.717, 1.165) is 18.4 Å². The number of nitro groups is 1. The van der Waals surface area contributed by atoms with Gasteiger partial charge in [-0.15, -0.1) is 11.6 Å². The molecule has 5 heteroatoms. The minimum absolute atomic E-state index is 0.0160. The molecule has 1 aromatic rings. The fraction of sp³-hybridized carbons (Fsp3) is 0.538. The van der Waals surface area contributed by atoms with E-state index in [1.807, 2.05) is 0 Å². The van der Waals surface area contributed by atoms with Crippen LogP contribution in [0.2, 0.25) is 0 Å². The van der Waals surface area contributed by atoms with Gasteiger partial charge in [-0.3, -0.25) is 10.1 Å². The summed E-state index contributed by atoms with van der Waals surface area (Å²) in [5.41, 5.74) is 0.704. The van der Waals surface area contributed by atoms with Gasteiger partial charge < -0.3 is 4.74 Å². The lowest BCUT2D eigenvalue weighted by Crippen LogP contribution is -2.02. The number of rotatable bonds is 7. The maximum atomic E-state index is 10.9. The molecule has 0 bridgehead atoms. The van der Waals surface area contributed by atoms with Crippen LogP contribution in [0.5, 0.6) is 5.75 Å². The minimum Gasteiger partial charge on any atom is -0.487 e. The van der Waals surface area contributed by atoms with Crippen LogP contribution in [0.25, 0.3) is 0 Å². The second-order valence-corrected chi connectivity index (χ2v) is 4.84. The molecule has 0 saturated carbocycles. The number of halogens is 1. The third-order valence-electron chi connectivity index (χ3n) is 2.56. The Morgan fingerprint density at radius 2 is 2.17 bits per heavy atom. The lowest BCUT2D eigenvalue weighted by atomic mass is 10.1. The molecule has 100 valence electrons. The normalized spacial score (nSPS) is 10.7. The highest BCUT2D eigenvalue weighted by Crippen LogP contribution is 2.28. The second-order valence-electron chi connectivity index (χ2n) is 4.58. The summed E-state index contributed by atoms with van der Waals surface area (Å²) >= 11 is 5.65. The van der Waals surface area contributed by atoms with Crippen molar-refractivity contribution in [3.8, 4) is 5.75 Å². The minimum atomic E-state index is -0.437. The number of hydrogen-bond donors (Lipinski definition) is 0. The Morgan fingerprint density at radius 1 is 1.44 bits per heavy atom. The Labute approximate surface area is 112 Å². The van der Waals surface area contributed by atoms with E-state index in [9.17, 15) is 10.1 Å². The first-order valence-electron chi connectivity index (χ1n) is 6.00. The van der Waals surface area contributed by atoms with E-state index in [0.29, 0.717) is 18.3 Å². The van der Waals surface area contributed by atoms with Gasteiger partial charge in [-0.05, 0) is 30.4 Å². The summed E-state index contributed by atoms with van der Waals surface area (Å²) in [6.45, 7) is 4.77. The zero-order chi connectivity index (χ0) is 13.5. The highest BCUT2D eigenvalue weighted by molar-refractivity contribution is 6.17. The van der Waals surface area contributed by atoms with Crippen LogP contribution in [-0.4, -0.2) is 11.5 Å². The van der Waals surface area contributed by atoms with Crippen LogP contribution >= 0.6 is 11.6 Å². The molecule has 0 atom stereocenters. The number of hydrogen-bond acceptors (Lipinski definition) is 3. The predicted molar refractivity (Wildman–Crippen MR) is 72.2 cm³/mol. The largest absolute Gasteiger partial charge is 0.487 e. The average Bonchev–Trinajstić information content (AvgIpc) is 2.34. The summed E-state index contributed by atoms with van der Waals surface area (Å²) in [6.07, 6.45) is 1.94. The van der Waals surface area contributed by atoms with Gasteiger partial charge >= 0.3 is 5.69 Å². The number of ether oxygens (including phenoxy) is 1. The third kappa shape index (κ3) is 4.53. The molecule has 0 aromatic heterocycles. The molecule has 18 heavy (non-hydrogen) atoms. The molecule has 4 nitrogen and oxygen atoms in total. The van der Waals surface area contributed by atoms with E-state index in [1.54, 1.807) is 12.1 Å². The predicted octanol–water partition coefficient (Wildman–Crippen LogP) is 4.15. The SMILES string of the molecule is CC(C)CCCOc1ccc(CCl)cc1[N+](=O)[O-]. The number of benzene rings is 1. The standard InChI is InChI=1S/C13H18ClNO3/c1-10(2)4-3-7-18-13-6-5-11(9-14)8-12(13)15(16)17/h5-6,8,10H,3-4,7,9H2,1-2H3. The van der Waals surface area contributed by atoms with Gasteiger partial charge in [-0.2, -0.15) is 0 Å². The molecule has 0 aliphatic heterocycles. The van der Waals surface area contributed by atoms with Crippen molar-refractivity contribution in [1.82, 2.24) is 0 Å². The highest BCUT2D eigenvalue weighted by atomic mass is 35.5. The van der Waals surface area contributed by atoms with E-state index in [4.69, 9.17) is 16.3 Å². The van der Waals surface area contributed by atoms with Gasteiger partial charge in [0.05, 0.1) is 11.5 Å². The molecule has 0 aliphatic carbocycles. The van der Waals surface area contributed by atoms with E-state index in [1.165, 1.54) is 6.07 Å². The van der Waals surface area contributed by atoms with Gasteiger partial charge in [0, 0.05) is 11.9 Å². The molecule has 0 amide bonds. The molecular weight excluding hydrogens is 254 g/mol. The van der Waals surface area contributed by atoms with E-state index >= 15 is 0 Å². The molecule has 0 spiro atoms. The van der Waals surface area contributed by atoms with Crippen LogP contribution in [0.4, 0.5) is 5.69 Å². The molecule has 0 N–H and O–H groups in total. The van der Waals surface area contributed by atoms with E-state index in [-0.39, 0.29) is 11.6 Å². The first kappa shape index (κ1) is 14.8. The third-order valence-corrected chi connectivity index (χ3v) is 2.87. The Balaban J connectivity index is 2.67. The average molecular weight is 272 g/mol. The first-order valence-corrected chi connectivity index (χ1v) is 6.54. The van der Waals surface area contributed by atoms with Crippen molar-refractivity contribution in [2.45, 2.75) is 32.6 Å². The van der Waals surface area contributed by atoms with Crippen LogP contribution in [0, 0.1) is 16.0 Å². The van der Waals surface area contributed by atoms with Gasteiger partial charge in [-0.25, -0.2) is 0 Å². The van der Waals surface area contributed by atoms with E-state index < -0.39 is 4.92 Å². The highest BCUT2D eigenvalue weighted by Gasteiger charge is 2.15. The van der Waals surface area contributed by atoms with Crippen molar-refractivity contribution in [2.24, 2.45) is 5.92 Å². The number of nitro benzene ring substituents is 1. The zero-order valence-corrected chi connectivity index (χ0v) is 11.4. The summed E-state index contributed by atoms with van der Waals surface area (Å²) in [6, 6.07) is 4.83. The monoisotopic (exact) mass is 271 g/mol. The summed E-state index contributed by atoms with van der Waals surface area (Å²) in [7, 11) is 0. The zero-order valence-electron chi connectivity index (χ0n) is 10.7. The van der Waals surface area contributed by atoms with Crippen molar-refractivity contribution in [1.29, 1.82) is 0 Å². The molecule has 0 unspecified atom stereocenters. The first-order chi connectivity index (χ1) is 8.54. The smallest absolute Gasteiger partial charge is 0.311 e. The lowest BCUT2D eigenvalue weighted by Gasteiger charge is -2.08. The van der Waals surface area contributed by atoms with Gasteiger partial charge in [0.2, 0.25) is 0 Å². The van der Waals surface area contributed by atoms with Crippen LogP contribution in [0.3, 0.4) is 0 Å². The Hall–Kier alpha value is -1.29. The molecular formula is C13H18ClNO3. The molecule has 0 heterocycles. The molecule has 0 aliphatic rings. The van der Waals surface area contributed by atoms with Crippen LogP contribution in [0.1, 0.15) is 32.3 Å². The van der Waals surface area contributed by atoms with Crippen LogP contribution < -0.4 is 4.74 Å². The maximum absolute atomic E-state index is 10.9. The van der Waals surface area contributed by atoms with Crippen LogP contribution in [-0.2, 0) is 5.88 Å². The molecule has 0 radical (unpaired) electrons. The van der Waals surface area contributed by atoms with E-state index in [2.05, 4.69) is 13.8 Å². The topological polar surface area (TPSA) is 52.4 Å². The molecule has 1 aromatic carbocycles. The van der Waals surface area contributed by atoms with Crippen LogP contribution in [0.15, 0.2) is 18.2 Å². The fourth-order valence-corrected chi connectivity index (χ4v) is 1.75. The molecule has 1 rings (SSSR count). The van der Waals surface area contributed by atoms with Gasteiger partial charge in [-0.1, -0.05) is 19.9 Å². The summed E-state index contributed by atoms with van der Waals surface area (Å²) in [4.78, 5) is 10.5. The van der Waals surface area contributed by atoms with Gasteiger partial charge in [0.1, 0.15) is 0 Å². The Kier molecular flexibility index (Phi) is 5.92. The van der Waals surface area contributed by atoms with Crippen molar-refractivity contribution >= 4 is 17.3 Å². The summed E-state index contributed by atoms with van der Waals surface area (Å²) in [5, 5.41) is 10.9. The van der Waals surface area contributed by atoms with Crippen molar-refractivity contribution in [2.75, 3.05) is 6.61 Å². The number of alkyl halides is 1. The van der Waals surface area contributed by atoms with Crippen molar-refractivity contribution in [3.63, 3.8) is 0 Å². The Morgan fingerprint density at radius 3 is 2.72 bits per heavy atom. The molecule has 0 fully saturated rings. The van der Waals surface area contributed by atoms with Gasteiger partial charge in [0.15, 0.2) is 5.75 Å². The quantitative estimate of drug-likeness (QED) is 0.324. The maximum Gasteiger partial charge on any atom is 0.311 e. The van der Waals surface area contributed by atoms with Crippen molar-refractivity contribution < 1.29 is 9.66 Å². The summed E-state index contributed by atoms with van der Waals surface area (Å²) in [5.74, 6) is 1.19. The van der Waals surface area contributed by atoms with Gasteiger partial charge in [0.25, 0.3) is 0 Å². The lowest BCUT2D eigenvalue weighted by molar-refractivity contribution is -0.385.